The Labute approximate surface area is 260 Å². The summed E-state index contributed by atoms with van der Waals surface area (Å²) in [4.78, 5) is 24.5. The first-order chi connectivity index (χ1) is 20.9. The van der Waals surface area contributed by atoms with Crippen LogP contribution >= 0.6 is 23.2 Å². The number of benzene rings is 1. The van der Waals surface area contributed by atoms with Gasteiger partial charge in [0.2, 0.25) is 0 Å². The highest BCUT2D eigenvalue weighted by atomic mass is 35.5. The highest BCUT2D eigenvalue weighted by Crippen LogP contribution is 2.46. The Kier molecular flexibility index (Phi) is 8.93. The molecule has 0 saturated carbocycles. The summed E-state index contributed by atoms with van der Waals surface area (Å²) in [5, 5.41) is 9.61. The number of aromatic nitrogens is 2. The molecule has 10 nitrogen and oxygen atoms in total. The third-order valence-corrected chi connectivity index (χ3v) is 9.20. The summed E-state index contributed by atoms with van der Waals surface area (Å²) < 4.78 is 22.0. The van der Waals surface area contributed by atoms with Gasteiger partial charge in [-0.25, -0.2) is 9.97 Å². The number of carbonyl (C=O) groups excluding carboxylic acids is 1. The number of methoxy groups -OCH3 is 2. The topological polar surface area (TPSA) is 107 Å². The number of halogens is 2. The maximum absolute atomic E-state index is 12.3. The summed E-state index contributed by atoms with van der Waals surface area (Å²) in [6.07, 6.45) is 4.52. The molecule has 3 aliphatic heterocycles. The molecule has 6 rings (SSSR count). The molecule has 3 fully saturated rings. The number of fused-ring (bicyclic) bond motifs is 1. The predicted octanol–water partition coefficient (Wildman–Crippen LogP) is 5.08. The lowest BCUT2D eigenvalue weighted by Gasteiger charge is -2.34. The second-order valence-corrected chi connectivity index (χ2v) is 11.9. The van der Waals surface area contributed by atoms with Crippen LogP contribution in [0.1, 0.15) is 12.8 Å². The van der Waals surface area contributed by atoms with Crippen molar-refractivity contribution in [1.82, 2.24) is 14.9 Å². The number of likely N-dealkylation sites (tertiary alicyclic amines) is 1. The van der Waals surface area contributed by atoms with Gasteiger partial charge >= 0.3 is 0 Å². The smallest absolute Gasteiger partial charge is 0.155 e. The van der Waals surface area contributed by atoms with Gasteiger partial charge in [0.25, 0.3) is 0 Å². The van der Waals surface area contributed by atoms with Crippen molar-refractivity contribution in [1.29, 1.82) is 0 Å². The molecular formula is C31H35Cl2N5O5. The summed E-state index contributed by atoms with van der Waals surface area (Å²) in [5.41, 5.74) is 1.07. The molecule has 1 unspecified atom stereocenters. The fourth-order valence-corrected chi connectivity index (χ4v) is 6.65. The number of anilines is 2. The molecule has 228 valence electrons. The van der Waals surface area contributed by atoms with E-state index in [4.69, 9.17) is 52.1 Å². The fraction of sp³-hybridized carbons (Fsp3) is 0.452. The van der Waals surface area contributed by atoms with Gasteiger partial charge in [-0.05, 0) is 24.6 Å². The summed E-state index contributed by atoms with van der Waals surface area (Å²) in [6.45, 7) is 8.02. The van der Waals surface area contributed by atoms with E-state index in [1.54, 1.807) is 20.3 Å². The quantitative estimate of drug-likeness (QED) is 0.280. The van der Waals surface area contributed by atoms with Gasteiger partial charge in [-0.3, -0.25) is 9.69 Å². The van der Waals surface area contributed by atoms with Crippen molar-refractivity contribution in [2.45, 2.75) is 31.0 Å². The van der Waals surface area contributed by atoms with E-state index >= 15 is 0 Å². The van der Waals surface area contributed by atoms with Crippen LogP contribution in [0.15, 0.2) is 37.1 Å². The van der Waals surface area contributed by atoms with Gasteiger partial charge in [0, 0.05) is 66.7 Å². The SMILES string of the molecule is C=CC(=O)C[C@H]1CN(C2COC2)C[C@H]1Nc1cc2c(NC3CCOC3)nc(-c3c(Cl)c(OC)cc(OC)c3Cl)cc2cn1. The number of ketones is 1. The van der Waals surface area contributed by atoms with Crippen LogP contribution in [0.5, 0.6) is 11.5 Å². The van der Waals surface area contributed by atoms with Crippen molar-refractivity contribution in [2.24, 2.45) is 5.92 Å². The lowest BCUT2D eigenvalue weighted by molar-refractivity contribution is -0.115. The molecule has 43 heavy (non-hydrogen) atoms. The number of rotatable bonds is 11. The van der Waals surface area contributed by atoms with Crippen LogP contribution < -0.4 is 20.1 Å². The standard InChI is InChI=1S/C31H35Cl2N5O5/c1-4-21(39)7-18-12-38(20-15-43-16-20)13-24(18)36-27-9-22-17(11-34-27)8-23(37-31(22)35-19-5-6-42-14-19)28-29(32)25(40-2)10-26(41-3)30(28)33/h4,8-11,18-20,24H,1,5-7,12-16H2,2-3H3,(H,34,36)(H,35,37)/t18-,19?,24+/m0/s1. The molecule has 3 aliphatic rings. The number of allylic oxidation sites excluding steroid dienone is 1. The minimum absolute atomic E-state index is 0.0446. The van der Waals surface area contributed by atoms with Crippen LogP contribution in [-0.2, 0) is 14.3 Å². The predicted molar refractivity (Wildman–Crippen MR) is 168 cm³/mol. The van der Waals surface area contributed by atoms with Gasteiger partial charge in [-0.15, -0.1) is 0 Å². The van der Waals surface area contributed by atoms with Gasteiger partial charge in [-0.2, -0.15) is 0 Å². The molecule has 2 aromatic heterocycles. The Morgan fingerprint density at radius 3 is 2.49 bits per heavy atom. The van der Waals surface area contributed by atoms with Gasteiger partial charge in [0.1, 0.15) is 23.1 Å². The van der Waals surface area contributed by atoms with Crippen LogP contribution in [-0.4, -0.2) is 92.5 Å². The van der Waals surface area contributed by atoms with E-state index in [-0.39, 0.29) is 23.8 Å². The Morgan fingerprint density at radius 2 is 1.86 bits per heavy atom. The first-order valence-electron chi connectivity index (χ1n) is 14.4. The number of pyridine rings is 2. The molecule has 2 N–H and O–H groups in total. The molecule has 0 bridgehead atoms. The number of ether oxygens (including phenoxy) is 4. The van der Waals surface area contributed by atoms with Crippen LogP contribution in [0.4, 0.5) is 11.6 Å². The zero-order chi connectivity index (χ0) is 30.1. The summed E-state index contributed by atoms with van der Waals surface area (Å²) in [6, 6.07) is 6.10. The van der Waals surface area contributed by atoms with E-state index in [1.165, 1.54) is 6.08 Å². The highest BCUT2D eigenvalue weighted by Gasteiger charge is 2.39. The summed E-state index contributed by atoms with van der Waals surface area (Å²) >= 11 is 13.5. The Bertz CT molecular complexity index is 1500. The molecule has 3 saturated heterocycles. The molecule has 0 spiro atoms. The number of carbonyl (C=O) groups is 1. The van der Waals surface area contributed by atoms with Crippen molar-refractivity contribution < 1.29 is 23.7 Å². The monoisotopic (exact) mass is 627 g/mol. The van der Waals surface area contributed by atoms with E-state index < -0.39 is 0 Å². The van der Waals surface area contributed by atoms with Gasteiger partial charge in [0.15, 0.2) is 5.78 Å². The average Bonchev–Trinajstić information content (AvgIpc) is 3.62. The largest absolute Gasteiger partial charge is 0.495 e. The molecular weight excluding hydrogens is 593 g/mol. The normalized spacial score (nSPS) is 22.4. The van der Waals surface area contributed by atoms with Crippen LogP contribution in [0, 0.1) is 5.92 Å². The zero-order valence-electron chi connectivity index (χ0n) is 24.2. The molecule has 3 atom stereocenters. The Hall–Kier alpha value is -3.15. The molecule has 3 aromatic rings. The maximum atomic E-state index is 12.3. The Balaban J connectivity index is 1.37. The van der Waals surface area contributed by atoms with Crippen molar-refractivity contribution in [3.05, 3.63) is 47.1 Å². The third-order valence-electron chi connectivity index (χ3n) is 8.45. The molecule has 1 aromatic carbocycles. The van der Waals surface area contributed by atoms with Gasteiger partial charge < -0.3 is 29.6 Å². The van der Waals surface area contributed by atoms with E-state index in [9.17, 15) is 4.79 Å². The zero-order valence-corrected chi connectivity index (χ0v) is 25.7. The summed E-state index contributed by atoms with van der Waals surface area (Å²) in [5.74, 6) is 2.41. The van der Waals surface area contributed by atoms with E-state index in [2.05, 4.69) is 22.1 Å². The number of hydrogen-bond donors (Lipinski definition) is 2. The first-order valence-corrected chi connectivity index (χ1v) is 15.1. The minimum Gasteiger partial charge on any atom is -0.495 e. The Morgan fingerprint density at radius 1 is 1.09 bits per heavy atom. The van der Waals surface area contributed by atoms with Crippen molar-refractivity contribution in [3.63, 3.8) is 0 Å². The van der Waals surface area contributed by atoms with Crippen molar-refractivity contribution >= 4 is 51.4 Å². The second kappa shape index (κ2) is 12.8. The van der Waals surface area contributed by atoms with E-state index in [0.717, 1.165) is 43.5 Å². The van der Waals surface area contributed by atoms with Crippen LogP contribution in [0.3, 0.4) is 0 Å². The van der Waals surface area contributed by atoms with Crippen molar-refractivity contribution in [3.8, 4) is 22.8 Å². The highest BCUT2D eigenvalue weighted by molar-refractivity contribution is 6.41. The molecule has 0 amide bonds. The second-order valence-electron chi connectivity index (χ2n) is 11.2. The lowest BCUT2D eigenvalue weighted by atomic mass is 9.97. The van der Waals surface area contributed by atoms with E-state index in [1.807, 2.05) is 18.3 Å². The van der Waals surface area contributed by atoms with E-state index in [0.29, 0.717) is 70.1 Å². The van der Waals surface area contributed by atoms with Crippen molar-refractivity contribution in [2.75, 3.05) is 64.4 Å². The van der Waals surface area contributed by atoms with Gasteiger partial charge in [-0.1, -0.05) is 29.8 Å². The lowest BCUT2D eigenvalue weighted by Crippen LogP contribution is -2.48. The number of nitrogens with one attached hydrogen (secondary N) is 2. The number of hydrogen-bond acceptors (Lipinski definition) is 10. The summed E-state index contributed by atoms with van der Waals surface area (Å²) in [7, 11) is 3.08. The first kappa shape index (κ1) is 29.9. The molecule has 5 heterocycles. The third kappa shape index (κ3) is 6.12. The minimum atomic E-state index is 0.0446. The van der Waals surface area contributed by atoms with Gasteiger partial charge in [0.05, 0.1) is 61.9 Å². The molecule has 12 heteroatoms. The fourth-order valence-electron chi connectivity index (χ4n) is 5.95. The molecule has 0 aliphatic carbocycles. The molecule has 0 radical (unpaired) electrons. The average molecular weight is 629 g/mol. The maximum Gasteiger partial charge on any atom is 0.155 e. The van der Waals surface area contributed by atoms with Crippen LogP contribution in [0.2, 0.25) is 10.0 Å². The number of nitrogens with zero attached hydrogens (tertiary/aromatic N) is 3. The van der Waals surface area contributed by atoms with Crippen LogP contribution in [0.25, 0.3) is 22.0 Å².